The van der Waals surface area contributed by atoms with Crippen molar-refractivity contribution in [1.29, 1.82) is 0 Å². The third kappa shape index (κ3) is 2.32. The molecule has 0 spiro atoms. The van der Waals surface area contributed by atoms with Crippen molar-refractivity contribution in [3.05, 3.63) is 33.2 Å². The quantitative estimate of drug-likeness (QED) is 0.923. The van der Waals surface area contributed by atoms with Gasteiger partial charge in [-0.2, -0.15) is 11.8 Å². The summed E-state index contributed by atoms with van der Waals surface area (Å²) in [7, 11) is 0. The van der Waals surface area contributed by atoms with Crippen LogP contribution < -0.4 is 10.9 Å². The first-order chi connectivity index (χ1) is 8.74. The molecule has 0 bridgehead atoms. The molecular formula is C12H15N3OS2. The van der Waals surface area contributed by atoms with Gasteiger partial charge in [0.15, 0.2) is 4.96 Å². The van der Waals surface area contributed by atoms with E-state index >= 15 is 0 Å². The van der Waals surface area contributed by atoms with E-state index in [1.54, 1.807) is 10.5 Å². The summed E-state index contributed by atoms with van der Waals surface area (Å²) in [4.78, 5) is 17.3. The molecule has 0 radical (unpaired) electrons. The molecule has 18 heavy (non-hydrogen) atoms. The van der Waals surface area contributed by atoms with Gasteiger partial charge in [0.2, 0.25) is 0 Å². The Balaban J connectivity index is 1.73. The van der Waals surface area contributed by atoms with Gasteiger partial charge >= 0.3 is 0 Å². The molecule has 1 fully saturated rings. The summed E-state index contributed by atoms with van der Waals surface area (Å²) in [6.45, 7) is 4.20. The number of fused-ring (bicyclic) bond motifs is 1. The van der Waals surface area contributed by atoms with Crippen LogP contribution in [0.25, 0.3) is 4.96 Å². The molecule has 3 rings (SSSR count). The molecule has 1 aliphatic heterocycles. The number of hydrogen-bond acceptors (Lipinski definition) is 5. The predicted molar refractivity (Wildman–Crippen MR) is 76.6 cm³/mol. The molecule has 6 heteroatoms. The molecule has 2 aromatic heterocycles. The van der Waals surface area contributed by atoms with E-state index < -0.39 is 0 Å². The van der Waals surface area contributed by atoms with Gasteiger partial charge in [-0.05, 0) is 31.7 Å². The summed E-state index contributed by atoms with van der Waals surface area (Å²) in [5.41, 5.74) is 1.91. The van der Waals surface area contributed by atoms with Gasteiger partial charge in [0, 0.05) is 22.9 Å². The van der Waals surface area contributed by atoms with Crippen LogP contribution in [0.4, 0.5) is 0 Å². The fourth-order valence-corrected chi connectivity index (χ4v) is 3.91. The Labute approximate surface area is 113 Å². The van der Waals surface area contributed by atoms with Crippen molar-refractivity contribution in [3.8, 4) is 0 Å². The van der Waals surface area contributed by atoms with Gasteiger partial charge in [0.05, 0.1) is 5.69 Å². The first kappa shape index (κ1) is 12.2. The van der Waals surface area contributed by atoms with Crippen LogP contribution in [-0.4, -0.2) is 28.2 Å². The highest BCUT2D eigenvalue weighted by molar-refractivity contribution is 7.98. The highest BCUT2D eigenvalue weighted by Crippen LogP contribution is 2.18. The summed E-state index contributed by atoms with van der Waals surface area (Å²) < 4.78 is 1.68. The average Bonchev–Trinajstić information content (AvgIpc) is 2.64. The molecular weight excluding hydrogens is 266 g/mol. The molecule has 2 aromatic rings. The largest absolute Gasteiger partial charge is 0.316 e. The zero-order chi connectivity index (χ0) is 12.5. The van der Waals surface area contributed by atoms with Crippen LogP contribution in [0, 0.1) is 12.8 Å². The minimum absolute atomic E-state index is 0.0414. The van der Waals surface area contributed by atoms with Crippen LogP contribution in [0.1, 0.15) is 11.4 Å². The summed E-state index contributed by atoms with van der Waals surface area (Å²) in [6, 6.07) is 1.67. The SMILES string of the molecule is Cc1csc2nc(CSCC3CNC3)cc(=O)n12. The minimum atomic E-state index is 0.0414. The fraction of sp³-hybridized carbons (Fsp3) is 0.500. The second-order valence-electron chi connectivity index (χ2n) is 4.62. The van der Waals surface area contributed by atoms with E-state index in [9.17, 15) is 4.79 Å². The summed E-state index contributed by atoms with van der Waals surface area (Å²) in [5.74, 6) is 2.78. The van der Waals surface area contributed by atoms with Crippen LogP contribution in [-0.2, 0) is 5.75 Å². The monoisotopic (exact) mass is 281 g/mol. The van der Waals surface area contributed by atoms with E-state index in [0.717, 1.165) is 46.9 Å². The van der Waals surface area contributed by atoms with E-state index in [-0.39, 0.29) is 5.56 Å². The summed E-state index contributed by atoms with van der Waals surface area (Å²) in [5, 5.41) is 5.24. The maximum Gasteiger partial charge on any atom is 0.258 e. The number of nitrogens with zero attached hydrogens (tertiary/aromatic N) is 2. The first-order valence-corrected chi connectivity index (χ1v) is 8.03. The van der Waals surface area contributed by atoms with E-state index in [2.05, 4.69) is 10.3 Å². The van der Waals surface area contributed by atoms with Crippen LogP contribution in [0.2, 0.25) is 0 Å². The maximum atomic E-state index is 12.0. The Morgan fingerprint density at radius 1 is 1.61 bits per heavy atom. The molecule has 96 valence electrons. The molecule has 0 amide bonds. The Morgan fingerprint density at radius 3 is 3.17 bits per heavy atom. The number of hydrogen-bond donors (Lipinski definition) is 1. The average molecular weight is 281 g/mol. The highest BCUT2D eigenvalue weighted by Gasteiger charge is 2.16. The van der Waals surface area contributed by atoms with Gasteiger partial charge < -0.3 is 5.32 Å². The van der Waals surface area contributed by atoms with Gasteiger partial charge in [-0.25, -0.2) is 4.98 Å². The van der Waals surface area contributed by atoms with Gasteiger partial charge in [-0.1, -0.05) is 0 Å². The number of nitrogens with one attached hydrogen (secondary N) is 1. The number of thioether (sulfide) groups is 1. The predicted octanol–water partition coefficient (Wildman–Crippen LogP) is 1.52. The highest BCUT2D eigenvalue weighted by atomic mass is 32.2. The lowest BCUT2D eigenvalue weighted by Crippen LogP contribution is -2.43. The van der Waals surface area contributed by atoms with Gasteiger partial charge in [0.1, 0.15) is 0 Å². The van der Waals surface area contributed by atoms with Gasteiger partial charge in [-0.3, -0.25) is 9.20 Å². The van der Waals surface area contributed by atoms with E-state index in [1.807, 2.05) is 24.1 Å². The molecule has 3 heterocycles. The molecule has 1 N–H and O–H groups in total. The molecule has 0 aliphatic carbocycles. The lowest BCUT2D eigenvalue weighted by molar-refractivity contribution is 0.385. The first-order valence-electron chi connectivity index (χ1n) is 5.99. The van der Waals surface area contributed by atoms with Crippen LogP contribution in [0.3, 0.4) is 0 Å². The topological polar surface area (TPSA) is 46.4 Å². The smallest absolute Gasteiger partial charge is 0.258 e. The summed E-state index contributed by atoms with van der Waals surface area (Å²) >= 11 is 3.40. The molecule has 0 unspecified atom stereocenters. The molecule has 0 aromatic carbocycles. The van der Waals surface area contributed by atoms with Crippen molar-refractivity contribution in [2.75, 3.05) is 18.8 Å². The lowest BCUT2D eigenvalue weighted by Gasteiger charge is -2.26. The number of thiazole rings is 1. The fourth-order valence-electron chi connectivity index (χ4n) is 1.97. The number of aryl methyl sites for hydroxylation is 1. The van der Waals surface area contributed by atoms with E-state index in [1.165, 1.54) is 11.3 Å². The van der Waals surface area contributed by atoms with Gasteiger partial charge in [-0.15, -0.1) is 11.3 Å². The van der Waals surface area contributed by atoms with Crippen LogP contribution >= 0.6 is 23.1 Å². The van der Waals surface area contributed by atoms with E-state index in [0.29, 0.717) is 0 Å². The lowest BCUT2D eigenvalue weighted by atomic mass is 10.1. The number of aromatic nitrogens is 2. The molecule has 0 atom stereocenters. The molecule has 0 saturated carbocycles. The standard InChI is InChI=1S/C12H15N3OS2/c1-8-5-18-12-14-10(2-11(16)15(8)12)7-17-6-9-3-13-4-9/h2,5,9,13H,3-4,6-7H2,1H3. The van der Waals surface area contributed by atoms with E-state index in [4.69, 9.17) is 0 Å². The van der Waals surface area contributed by atoms with Crippen LogP contribution in [0.5, 0.6) is 0 Å². The molecule has 1 aliphatic rings. The van der Waals surface area contributed by atoms with Crippen molar-refractivity contribution in [2.24, 2.45) is 5.92 Å². The Bertz CT molecular complexity index is 615. The molecule has 4 nitrogen and oxygen atoms in total. The zero-order valence-corrected chi connectivity index (χ0v) is 11.8. The minimum Gasteiger partial charge on any atom is -0.316 e. The Hall–Kier alpha value is -0.850. The van der Waals surface area contributed by atoms with Gasteiger partial charge in [0.25, 0.3) is 5.56 Å². The zero-order valence-electron chi connectivity index (χ0n) is 10.2. The van der Waals surface area contributed by atoms with Crippen molar-refractivity contribution < 1.29 is 0 Å². The Morgan fingerprint density at radius 2 is 2.44 bits per heavy atom. The number of rotatable bonds is 4. The normalized spacial score (nSPS) is 16.1. The summed E-state index contributed by atoms with van der Waals surface area (Å²) in [6.07, 6.45) is 0. The van der Waals surface area contributed by atoms with Crippen molar-refractivity contribution in [1.82, 2.24) is 14.7 Å². The van der Waals surface area contributed by atoms with Crippen molar-refractivity contribution >= 4 is 28.1 Å². The Kier molecular flexibility index (Phi) is 3.41. The van der Waals surface area contributed by atoms with Crippen LogP contribution in [0.15, 0.2) is 16.2 Å². The maximum absolute atomic E-state index is 12.0. The molecule has 1 saturated heterocycles. The second kappa shape index (κ2) is 5.03. The van der Waals surface area contributed by atoms with Crippen molar-refractivity contribution in [2.45, 2.75) is 12.7 Å². The third-order valence-electron chi connectivity index (χ3n) is 3.10. The second-order valence-corrected chi connectivity index (χ2v) is 6.49. The third-order valence-corrected chi connectivity index (χ3v) is 5.25. The van der Waals surface area contributed by atoms with Crippen molar-refractivity contribution in [3.63, 3.8) is 0 Å².